The molecular formula is C15H26N4O2S. The predicted molar refractivity (Wildman–Crippen MR) is 88.4 cm³/mol. The molecule has 0 bridgehead atoms. The van der Waals surface area contributed by atoms with E-state index < -0.39 is 0 Å². The Balaban J connectivity index is 1.81. The zero-order valence-corrected chi connectivity index (χ0v) is 14.3. The van der Waals surface area contributed by atoms with Crippen molar-refractivity contribution in [3.63, 3.8) is 0 Å². The molecule has 1 fully saturated rings. The maximum Gasteiger partial charge on any atom is 0.323 e. The molecule has 1 atom stereocenters. The van der Waals surface area contributed by atoms with E-state index in [-0.39, 0.29) is 12.1 Å². The first kappa shape index (κ1) is 17.1. The van der Waals surface area contributed by atoms with E-state index >= 15 is 0 Å². The third-order valence-corrected chi connectivity index (χ3v) is 4.34. The summed E-state index contributed by atoms with van der Waals surface area (Å²) in [6.07, 6.45) is 6.11. The van der Waals surface area contributed by atoms with Crippen molar-refractivity contribution in [2.45, 2.75) is 58.5 Å². The second-order valence-electron chi connectivity index (χ2n) is 5.61. The summed E-state index contributed by atoms with van der Waals surface area (Å²) in [5.74, 6) is 0.812. The molecule has 0 spiro atoms. The van der Waals surface area contributed by atoms with Gasteiger partial charge in [0, 0.05) is 37.6 Å². The van der Waals surface area contributed by atoms with E-state index in [1.165, 1.54) is 11.5 Å². The lowest BCUT2D eigenvalue weighted by molar-refractivity contribution is 0.0446. The number of nitrogens with one attached hydrogen (secondary N) is 1. The Morgan fingerprint density at radius 1 is 1.36 bits per heavy atom. The number of nitrogens with zero attached hydrogens (tertiary/aromatic N) is 3. The molecule has 0 aliphatic carbocycles. The smallest absolute Gasteiger partial charge is 0.323 e. The SMILES string of the molecule is CCCOC1CCCN(C(=O)Nc2nc(CCC)ns2)CC1. The second kappa shape index (κ2) is 9.05. The third-order valence-electron chi connectivity index (χ3n) is 3.68. The Labute approximate surface area is 136 Å². The number of hydrogen-bond donors (Lipinski definition) is 1. The molecule has 2 heterocycles. The Hall–Kier alpha value is -1.21. The van der Waals surface area contributed by atoms with Crippen molar-refractivity contribution in [1.82, 2.24) is 14.3 Å². The quantitative estimate of drug-likeness (QED) is 0.871. The van der Waals surface area contributed by atoms with Gasteiger partial charge in [-0.05, 0) is 32.1 Å². The fraction of sp³-hybridized carbons (Fsp3) is 0.800. The summed E-state index contributed by atoms with van der Waals surface area (Å²) in [5.41, 5.74) is 0. The van der Waals surface area contributed by atoms with Crippen LogP contribution in [0.2, 0.25) is 0 Å². The van der Waals surface area contributed by atoms with Crippen LogP contribution < -0.4 is 5.32 Å². The van der Waals surface area contributed by atoms with Crippen LogP contribution in [0.3, 0.4) is 0 Å². The molecule has 0 aromatic carbocycles. The molecule has 1 aromatic heterocycles. The lowest BCUT2D eigenvalue weighted by atomic mass is 10.2. The Bertz CT molecular complexity index is 466. The minimum atomic E-state index is -0.0738. The zero-order valence-electron chi connectivity index (χ0n) is 13.5. The van der Waals surface area contributed by atoms with Crippen LogP contribution in [0.5, 0.6) is 0 Å². The molecule has 1 aromatic rings. The van der Waals surface area contributed by atoms with E-state index in [0.717, 1.165) is 64.0 Å². The van der Waals surface area contributed by atoms with Crippen molar-refractivity contribution in [2.24, 2.45) is 0 Å². The molecule has 1 aliphatic rings. The van der Waals surface area contributed by atoms with E-state index in [4.69, 9.17) is 4.74 Å². The molecule has 7 heteroatoms. The van der Waals surface area contributed by atoms with Crippen LogP contribution in [0.25, 0.3) is 0 Å². The predicted octanol–water partition coefficient (Wildman–Crippen LogP) is 3.30. The number of carbonyl (C=O) groups excluding carboxylic acids is 1. The monoisotopic (exact) mass is 326 g/mol. The van der Waals surface area contributed by atoms with Crippen molar-refractivity contribution in [3.8, 4) is 0 Å². The van der Waals surface area contributed by atoms with Crippen LogP contribution in [-0.4, -0.2) is 46.1 Å². The number of rotatable bonds is 6. The first-order valence-corrected chi connectivity index (χ1v) is 9.00. The number of hydrogen-bond acceptors (Lipinski definition) is 5. The van der Waals surface area contributed by atoms with Gasteiger partial charge in [-0.25, -0.2) is 9.78 Å². The number of amides is 2. The van der Waals surface area contributed by atoms with E-state index in [1.807, 2.05) is 4.90 Å². The normalized spacial score (nSPS) is 19.0. The van der Waals surface area contributed by atoms with Gasteiger partial charge < -0.3 is 9.64 Å². The number of anilines is 1. The van der Waals surface area contributed by atoms with E-state index in [1.54, 1.807) is 0 Å². The summed E-state index contributed by atoms with van der Waals surface area (Å²) in [5, 5.41) is 3.46. The van der Waals surface area contributed by atoms with Gasteiger partial charge >= 0.3 is 6.03 Å². The molecule has 1 aliphatic heterocycles. The lowest BCUT2D eigenvalue weighted by Crippen LogP contribution is -2.36. The summed E-state index contributed by atoms with van der Waals surface area (Å²) in [7, 11) is 0. The van der Waals surface area contributed by atoms with Gasteiger partial charge in [0.15, 0.2) is 0 Å². The molecule has 2 rings (SSSR count). The molecule has 2 amide bonds. The van der Waals surface area contributed by atoms with Gasteiger partial charge in [-0.1, -0.05) is 13.8 Å². The molecule has 1 unspecified atom stereocenters. The number of likely N-dealkylation sites (tertiary alicyclic amines) is 1. The van der Waals surface area contributed by atoms with Gasteiger partial charge in [-0.15, -0.1) is 0 Å². The zero-order chi connectivity index (χ0) is 15.8. The van der Waals surface area contributed by atoms with Crippen molar-refractivity contribution < 1.29 is 9.53 Å². The Morgan fingerprint density at radius 3 is 3.00 bits per heavy atom. The molecule has 1 saturated heterocycles. The Kier molecular flexibility index (Phi) is 7.05. The van der Waals surface area contributed by atoms with Crippen molar-refractivity contribution in [1.29, 1.82) is 0 Å². The van der Waals surface area contributed by atoms with Gasteiger partial charge in [-0.2, -0.15) is 4.37 Å². The van der Waals surface area contributed by atoms with E-state index in [2.05, 4.69) is 28.5 Å². The molecule has 6 nitrogen and oxygen atoms in total. The number of carbonyl (C=O) groups is 1. The van der Waals surface area contributed by atoms with Gasteiger partial charge in [0.05, 0.1) is 6.10 Å². The highest BCUT2D eigenvalue weighted by molar-refractivity contribution is 7.09. The van der Waals surface area contributed by atoms with Crippen LogP contribution >= 0.6 is 11.5 Å². The molecule has 0 radical (unpaired) electrons. The van der Waals surface area contributed by atoms with Crippen LogP contribution in [0, 0.1) is 0 Å². The number of aryl methyl sites for hydroxylation is 1. The topological polar surface area (TPSA) is 67.3 Å². The van der Waals surface area contributed by atoms with Crippen LogP contribution in [0.1, 0.15) is 51.8 Å². The van der Waals surface area contributed by atoms with Crippen LogP contribution in [0.4, 0.5) is 9.93 Å². The van der Waals surface area contributed by atoms with Gasteiger partial charge in [0.1, 0.15) is 5.82 Å². The number of aromatic nitrogens is 2. The average molecular weight is 326 g/mol. The maximum atomic E-state index is 12.3. The molecule has 1 N–H and O–H groups in total. The lowest BCUT2D eigenvalue weighted by Gasteiger charge is -2.20. The van der Waals surface area contributed by atoms with Crippen LogP contribution in [-0.2, 0) is 11.2 Å². The number of ether oxygens (including phenoxy) is 1. The first-order chi connectivity index (χ1) is 10.7. The summed E-state index contributed by atoms with van der Waals surface area (Å²) in [6.45, 7) is 6.53. The molecule has 124 valence electrons. The fourth-order valence-electron chi connectivity index (χ4n) is 2.52. The maximum absolute atomic E-state index is 12.3. The van der Waals surface area contributed by atoms with Gasteiger partial charge in [0.2, 0.25) is 5.13 Å². The van der Waals surface area contributed by atoms with Gasteiger partial charge in [-0.3, -0.25) is 5.32 Å². The largest absolute Gasteiger partial charge is 0.378 e. The molecule has 0 saturated carbocycles. The summed E-state index contributed by atoms with van der Waals surface area (Å²) in [6, 6.07) is -0.0738. The first-order valence-electron chi connectivity index (χ1n) is 8.23. The van der Waals surface area contributed by atoms with E-state index in [9.17, 15) is 4.79 Å². The third kappa shape index (κ3) is 5.21. The van der Waals surface area contributed by atoms with Crippen LogP contribution in [0.15, 0.2) is 0 Å². The molecule has 22 heavy (non-hydrogen) atoms. The minimum Gasteiger partial charge on any atom is -0.378 e. The number of urea groups is 1. The highest BCUT2D eigenvalue weighted by atomic mass is 32.1. The molecular weight excluding hydrogens is 300 g/mol. The standard InChI is InChI=1S/C15H26N4O2S/c1-3-6-13-16-14(22-18-13)17-15(20)19-9-5-7-12(8-10-19)21-11-4-2/h12H,3-11H2,1-2H3,(H,16,17,18,20). The van der Waals surface area contributed by atoms with Crippen molar-refractivity contribution >= 4 is 22.7 Å². The summed E-state index contributed by atoms with van der Waals surface area (Å²) >= 11 is 1.25. The average Bonchev–Trinajstić information content (AvgIpc) is 2.81. The summed E-state index contributed by atoms with van der Waals surface area (Å²) in [4.78, 5) is 18.5. The van der Waals surface area contributed by atoms with Crippen molar-refractivity contribution in [2.75, 3.05) is 25.0 Å². The summed E-state index contributed by atoms with van der Waals surface area (Å²) < 4.78 is 10.1. The van der Waals surface area contributed by atoms with Crippen molar-refractivity contribution in [3.05, 3.63) is 5.82 Å². The fourth-order valence-corrected chi connectivity index (χ4v) is 3.12. The highest BCUT2D eigenvalue weighted by Gasteiger charge is 2.21. The second-order valence-corrected chi connectivity index (χ2v) is 6.36. The van der Waals surface area contributed by atoms with Gasteiger partial charge in [0.25, 0.3) is 0 Å². The minimum absolute atomic E-state index is 0.0738. The highest BCUT2D eigenvalue weighted by Crippen LogP contribution is 2.17. The van der Waals surface area contributed by atoms with E-state index in [0.29, 0.717) is 5.13 Å². The Morgan fingerprint density at radius 2 is 2.23 bits per heavy atom.